The average Bonchev–Trinajstić information content (AvgIpc) is 2.99. The molecule has 0 aliphatic carbocycles. The van der Waals surface area contributed by atoms with Crippen LogP contribution in [0.1, 0.15) is 27.7 Å². The van der Waals surface area contributed by atoms with Crippen molar-refractivity contribution in [3.8, 4) is 0 Å². The van der Waals surface area contributed by atoms with Gasteiger partial charge in [0.1, 0.15) is 6.54 Å². The molecule has 6 nitrogen and oxygen atoms in total. The molecule has 0 fully saturated rings. The summed E-state index contributed by atoms with van der Waals surface area (Å²) in [5.41, 5.74) is 6.96. The highest BCUT2D eigenvalue weighted by molar-refractivity contribution is 6.11. The molecular formula is C21H27F3N4O2. The van der Waals surface area contributed by atoms with Gasteiger partial charge >= 0.3 is 6.18 Å². The quantitative estimate of drug-likeness (QED) is 0.455. The standard InChI is InChI=1S/C21H27F3N4O2/c1-13(2)19(29)18-11-28(20(30)17(18)6-7-26-5)15(4)16(8-14(3)9-25)10-27-12-21(22,23)24/h6-10,13,15H,5,11-12,25H2,1-4H3/b7-6-,14-9+,16-8+,27-10?. The molecule has 164 valence electrons. The molecule has 1 atom stereocenters. The van der Waals surface area contributed by atoms with E-state index in [4.69, 9.17) is 5.73 Å². The van der Waals surface area contributed by atoms with E-state index in [-0.39, 0.29) is 23.8 Å². The SMILES string of the molecule is C=N/C=C\C1=C(C(=O)C(C)C)CN(C(C)/C(C=NCC(F)(F)F)=C/C(C)=C/N)C1=O. The molecule has 0 aromatic carbocycles. The summed E-state index contributed by atoms with van der Waals surface area (Å²) >= 11 is 0. The van der Waals surface area contributed by atoms with Crippen LogP contribution in [0, 0.1) is 5.92 Å². The number of allylic oxidation sites excluding steroid dienone is 2. The molecule has 1 amide bonds. The van der Waals surface area contributed by atoms with Gasteiger partial charge in [-0.25, -0.2) is 0 Å². The molecule has 2 N–H and O–H groups in total. The Morgan fingerprint density at radius 3 is 2.47 bits per heavy atom. The highest BCUT2D eigenvalue weighted by atomic mass is 19.4. The first-order valence-corrected chi connectivity index (χ1v) is 9.30. The molecule has 1 aliphatic heterocycles. The molecular weight excluding hydrogens is 397 g/mol. The normalized spacial score (nSPS) is 17.7. The van der Waals surface area contributed by atoms with E-state index in [9.17, 15) is 22.8 Å². The molecule has 0 radical (unpaired) electrons. The molecule has 1 unspecified atom stereocenters. The first kappa shape index (κ1) is 25.1. The molecule has 1 aliphatic rings. The second kappa shape index (κ2) is 10.7. The zero-order valence-electron chi connectivity index (χ0n) is 17.5. The van der Waals surface area contributed by atoms with E-state index in [2.05, 4.69) is 16.7 Å². The predicted octanol–water partition coefficient (Wildman–Crippen LogP) is 3.38. The van der Waals surface area contributed by atoms with Gasteiger partial charge in [-0.15, -0.1) is 0 Å². The lowest BCUT2D eigenvalue weighted by Crippen LogP contribution is -2.38. The zero-order chi connectivity index (χ0) is 23.1. The molecule has 0 spiro atoms. The fraction of sp³-hybridized carbons (Fsp3) is 0.429. The number of nitrogens with two attached hydrogens (primary N) is 1. The van der Waals surface area contributed by atoms with Crippen molar-refractivity contribution in [2.24, 2.45) is 21.6 Å². The first-order valence-electron chi connectivity index (χ1n) is 9.30. The number of hydrogen-bond acceptors (Lipinski definition) is 5. The third-order valence-corrected chi connectivity index (χ3v) is 4.43. The number of halogens is 3. The fourth-order valence-electron chi connectivity index (χ4n) is 2.79. The van der Waals surface area contributed by atoms with Gasteiger partial charge in [-0.05, 0) is 44.0 Å². The van der Waals surface area contributed by atoms with Crippen molar-refractivity contribution in [3.63, 3.8) is 0 Å². The maximum absolute atomic E-state index is 13.0. The summed E-state index contributed by atoms with van der Waals surface area (Å²) in [6.45, 7) is 8.79. The van der Waals surface area contributed by atoms with Gasteiger partial charge in [0.15, 0.2) is 5.78 Å². The van der Waals surface area contributed by atoms with Crippen molar-refractivity contribution < 1.29 is 22.8 Å². The van der Waals surface area contributed by atoms with Gasteiger partial charge in [0.2, 0.25) is 0 Å². The van der Waals surface area contributed by atoms with Crippen LogP contribution in [0.4, 0.5) is 13.2 Å². The number of Topliss-reactive ketones (excluding diaryl/α,β-unsaturated/α-hetero) is 1. The van der Waals surface area contributed by atoms with Gasteiger partial charge in [0.25, 0.3) is 5.91 Å². The van der Waals surface area contributed by atoms with Crippen LogP contribution in [0.3, 0.4) is 0 Å². The summed E-state index contributed by atoms with van der Waals surface area (Å²) in [4.78, 5) is 34.0. The van der Waals surface area contributed by atoms with Crippen LogP contribution in [-0.2, 0) is 9.59 Å². The second-order valence-electron chi connectivity index (χ2n) is 7.16. The Morgan fingerprint density at radius 2 is 1.97 bits per heavy atom. The van der Waals surface area contributed by atoms with Gasteiger partial charge in [-0.1, -0.05) is 19.9 Å². The molecule has 9 heteroatoms. The second-order valence-corrected chi connectivity index (χ2v) is 7.16. The van der Waals surface area contributed by atoms with Crippen LogP contribution in [0.5, 0.6) is 0 Å². The molecule has 0 aromatic rings. The van der Waals surface area contributed by atoms with E-state index in [1.165, 1.54) is 23.4 Å². The average molecular weight is 424 g/mol. The number of hydrogen-bond donors (Lipinski definition) is 1. The molecule has 0 saturated heterocycles. The monoisotopic (exact) mass is 424 g/mol. The highest BCUT2D eigenvalue weighted by Crippen LogP contribution is 2.27. The van der Waals surface area contributed by atoms with Crippen molar-refractivity contribution in [3.05, 3.63) is 46.8 Å². The number of carbonyl (C=O) groups excluding carboxylic acids is 2. The van der Waals surface area contributed by atoms with E-state index >= 15 is 0 Å². The lowest BCUT2D eigenvalue weighted by molar-refractivity contribution is -0.126. The predicted molar refractivity (Wildman–Crippen MR) is 112 cm³/mol. The van der Waals surface area contributed by atoms with Crippen molar-refractivity contribution in [2.75, 3.05) is 13.1 Å². The first-order chi connectivity index (χ1) is 13.9. The maximum atomic E-state index is 13.0. The van der Waals surface area contributed by atoms with Crippen molar-refractivity contribution in [2.45, 2.75) is 39.9 Å². The number of alkyl halides is 3. The topological polar surface area (TPSA) is 88.1 Å². The fourth-order valence-corrected chi connectivity index (χ4v) is 2.79. The van der Waals surface area contributed by atoms with Crippen LogP contribution >= 0.6 is 0 Å². The summed E-state index contributed by atoms with van der Waals surface area (Å²) in [5, 5.41) is 0. The third kappa shape index (κ3) is 6.82. The molecule has 0 saturated carbocycles. The number of carbonyl (C=O) groups is 2. The Balaban J connectivity index is 3.31. The number of ketones is 1. The van der Waals surface area contributed by atoms with E-state index in [0.29, 0.717) is 16.7 Å². The minimum absolute atomic E-state index is 0.0314. The Morgan fingerprint density at radius 1 is 1.33 bits per heavy atom. The summed E-state index contributed by atoms with van der Waals surface area (Å²) in [6.07, 6.45) is 2.23. The largest absolute Gasteiger partial charge is 0.407 e. The summed E-state index contributed by atoms with van der Waals surface area (Å²) in [6, 6.07) is -0.651. The summed E-state index contributed by atoms with van der Waals surface area (Å²) in [5.74, 6) is -0.930. The van der Waals surface area contributed by atoms with Crippen LogP contribution in [0.25, 0.3) is 0 Å². The van der Waals surface area contributed by atoms with Gasteiger partial charge < -0.3 is 10.6 Å². The van der Waals surface area contributed by atoms with E-state index < -0.39 is 24.7 Å². The van der Waals surface area contributed by atoms with Crippen LogP contribution in [-0.4, -0.2) is 54.8 Å². The smallest absolute Gasteiger partial charge is 0.404 e. The van der Waals surface area contributed by atoms with Crippen LogP contribution < -0.4 is 5.73 Å². The van der Waals surface area contributed by atoms with Crippen molar-refractivity contribution in [1.29, 1.82) is 0 Å². The number of amides is 1. The number of aliphatic imine (C=N–C) groups is 2. The van der Waals surface area contributed by atoms with Crippen LogP contribution in [0.2, 0.25) is 0 Å². The minimum atomic E-state index is -4.44. The Kier molecular flexibility index (Phi) is 8.94. The molecule has 1 heterocycles. The van der Waals surface area contributed by atoms with Gasteiger partial charge in [-0.2, -0.15) is 13.2 Å². The Labute approximate surface area is 174 Å². The molecule has 1 rings (SSSR count). The minimum Gasteiger partial charge on any atom is -0.404 e. The molecule has 30 heavy (non-hydrogen) atoms. The van der Waals surface area contributed by atoms with Crippen molar-refractivity contribution in [1.82, 2.24) is 4.90 Å². The summed E-state index contributed by atoms with van der Waals surface area (Å²) < 4.78 is 37.5. The van der Waals surface area contributed by atoms with Gasteiger partial charge in [0.05, 0.1) is 12.6 Å². The Hall–Kier alpha value is -2.97. The molecule has 0 bridgehead atoms. The number of rotatable bonds is 9. The van der Waals surface area contributed by atoms with Crippen LogP contribution in [0.15, 0.2) is 56.8 Å². The maximum Gasteiger partial charge on any atom is 0.407 e. The van der Waals surface area contributed by atoms with Gasteiger partial charge in [-0.3, -0.25) is 19.6 Å². The lowest BCUT2D eigenvalue weighted by atomic mass is 9.98. The summed E-state index contributed by atoms with van der Waals surface area (Å²) in [7, 11) is 0. The van der Waals surface area contributed by atoms with Crippen molar-refractivity contribution >= 4 is 24.6 Å². The van der Waals surface area contributed by atoms with E-state index in [1.54, 1.807) is 33.8 Å². The highest BCUT2D eigenvalue weighted by Gasteiger charge is 2.36. The third-order valence-electron chi connectivity index (χ3n) is 4.43. The number of nitrogens with zero attached hydrogens (tertiary/aromatic N) is 3. The van der Waals surface area contributed by atoms with Gasteiger partial charge in [0, 0.05) is 29.5 Å². The Bertz CT molecular complexity index is 834. The van der Waals surface area contributed by atoms with E-state index in [0.717, 1.165) is 6.21 Å². The van der Waals surface area contributed by atoms with E-state index in [1.807, 2.05) is 0 Å². The zero-order valence-corrected chi connectivity index (χ0v) is 17.5. The lowest BCUT2D eigenvalue weighted by Gasteiger charge is -2.26. The molecule has 0 aromatic heterocycles.